The van der Waals surface area contributed by atoms with Crippen LogP contribution in [0.15, 0.2) is 75.7 Å². The summed E-state index contributed by atoms with van der Waals surface area (Å²) in [7, 11) is 0. The fraction of sp³-hybridized carbons (Fsp3) is 0.130. The molecule has 0 spiro atoms. The quantitative estimate of drug-likeness (QED) is 0.353. The SMILES string of the molecule is O=C(COc1ccc(Br)cc1Cl)NNC(=O)c1ccc(OCCc2ccccc2)c(Br)c1. The van der Waals surface area contributed by atoms with E-state index in [0.29, 0.717) is 33.2 Å². The summed E-state index contributed by atoms with van der Waals surface area (Å²) in [5.41, 5.74) is 6.19. The van der Waals surface area contributed by atoms with Crippen molar-refractivity contribution in [3.63, 3.8) is 0 Å². The van der Waals surface area contributed by atoms with Gasteiger partial charge in [0.1, 0.15) is 11.5 Å². The first-order valence-electron chi connectivity index (χ1n) is 9.55. The minimum atomic E-state index is -0.530. The number of nitrogens with one attached hydrogen (secondary N) is 2. The maximum atomic E-state index is 12.3. The van der Waals surface area contributed by atoms with Crippen LogP contribution < -0.4 is 20.3 Å². The number of benzene rings is 3. The van der Waals surface area contributed by atoms with Crippen LogP contribution in [-0.4, -0.2) is 25.0 Å². The van der Waals surface area contributed by atoms with Crippen molar-refractivity contribution in [2.75, 3.05) is 13.2 Å². The van der Waals surface area contributed by atoms with Gasteiger partial charge in [0.05, 0.1) is 16.1 Å². The predicted molar refractivity (Wildman–Crippen MR) is 130 cm³/mol. The molecule has 0 aliphatic carbocycles. The number of carbonyl (C=O) groups excluding carboxylic acids is 2. The van der Waals surface area contributed by atoms with E-state index in [1.165, 1.54) is 5.56 Å². The number of amides is 2. The van der Waals surface area contributed by atoms with E-state index in [1.807, 2.05) is 30.3 Å². The van der Waals surface area contributed by atoms with Crippen molar-refractivity contribution < 1.29 is 19.1 Å². The first-order valence-corrected chi connectivity index (χ1v) is 11.5. The Kier molecular flexibility index (Phi) is 8.96. The van der Waals surface area contributed by atoms with Crippen molar-refractivity contribution in [1.82, 2.24) is 10.9 Å². The molecule has 0 heterocycles. The lowest BCUT2D eigenvalue weighted by Gasteiger charge is -2.11. The van der Waals surface area contributed by atoms with Crippen molar-refractivity contribution in [2.45, 2.75) is 6.42 Å². The maximum absolute atomic E-state index is 12.3. The van der Waals surface area contributed by atoms with Crippen LogP contribution in [0.2, 0.25) is 5.02 Å². The zero-order valence-electron chi connectivity index (χ0n) is 16.7. The number of hydrazine groups is 1. The van der Waals surface area contributed by atoms with E-state index >= 15 is 0 Å². The first-order chi connectivity index (χ1) is 15.4. The van der Waals surface area contributed by atoms with Crippen molar-refractivity contribution >= 4 is 55.3 Å². The summed E-state index contributed by atoms with van der Waals surface area (Å²) in [5.74, 6) is -0.0155. The molecule has 0 aliphatic rings. The molecule has 9 heteroatoms. The van der Waals surface area contributed by atoms with Crippen LogP contribution in [-0.2, 0) is 11.2 Å². The lowest BCUT2D eigenvalue weighted by atomic mass is 10.2. The third-order valence-electron chi connectivity index (χ3n) is 4.25. The van der Waals surface area contributed by atoms with Gasteiger partial charge in [0.2, 0.25) is 0 Å². The minimum absolute atomic E-state index is 0.306. The fourth-order valence-corrected chi connectivity index (χ4v) is 3.87. The Hall–Kier alpha value is -2.55. The Labute approximate surface area is 207 Å². The van der Waals surface area contributed by atoms with Gasteiger partial charge in [0.15, 0.2) is 6.61 Å². The average molecular weight is 583 g/mol. The highest BCUT2D eigenvalue weighted by atomic mass is 79.9. The highest BCUT2D eigenvalue weighted by molar-refractivity contribution is 9.10. The standard InChI is InChI=1S/C23H19Br2ClN2O4/c24-17-7-9-21(19(26)13-17)32-14-22(29)27-28-23(30)16-6-8-20(18(25)12-16)31-11-10-15-4-2-1-3-5-15/h1-9,12-13H,10-11,14H2,(H,27,29)(H,28,30). The van der Waals surface area contributed by atoms with Gasteiger partial charge in [-0.3, -0.25) is 20.4 Å². The number of carbonyl (C=O) groups is 2. The average Bonchev–Trinajstić information content (AvgIpc) is 2.78. The maximum Gasteiger partial charge on any atom is 0.276 e. The molecule has 0 fully saturated rings. The van der Waals surface area contributed by atoms with Crippen molar-refractivity contribution in [3.8, 4) is 11.5 Å². The van der Waals surface area contributed by atoms with Gasteiger partial charge in [-0.05, 0) is 57.9 Å². The van der Waals surface area contributed by atoms with Gasteiger partial charge >= 0.3 is 0 Å². The Morgan fingerprint density at radius 1 is 0.875 bits per heavy atom. The molecular weight excluding hydrogens is 564 g/mol. The van der Waals surface area contributed by atoms with E-state index in [9.17, 15) is 9.59 Å². The van der Waals surface area contributed by atoms with E-state index in [1.54, 1.807) is 36.4 Å². The van der Waals surface area contributed by atoms with E-state index in [4.69, 9.17) is 21.1 Å². The Balaban J connectivity index is 1.45. The molecule has 0 unspecified atom stereocenters. The van der Waals surface area contributed by atoms with Crippen LogP contribution in [0.25, 0.3) is 0 Å². The van der Waals surface area contributed by atoms with Crippen LogP contribution in [0.4, 0.5) is 0 Å². The van der Waals surface area contributed by atoms with Crippen molar-refractivity contribution in [2.24, 2.45) is 0 Å². The van der Waals surface area contributed by atoms with Gasteiger partial charge in [0.25, 0.3) is 11.8 Å². The molecule has 0 radical (unpaired) electrons. The Bertz CT molecular complexity index is 1100. The molecule has 6 nitrogen and oxygen atoms in total. The number of hydrogen-bond acceptors (Lipinski definition) is 4. The smallest absolute Gasteiger partial charge is 0.276 e. The third-order valence-corrected chi connectivity index (χ3v) is 5.66. The summed E-state index contributed by atoms with van der Waals surface area (Å²) < 4.78 is 12.6. The van der Waals surface area contributed by atoms with Gasteiger partial charge in [-0.1, -0.05) is 57.9 Å². The Morgan fingerprint density at radius 3 is 2.34 bits per heavy atom. The summed E-state index contributed by atoms with van der Waals surface area (Å²) in [6, 6.07) is 20.0. The van der Waals surface area contributed by atoms with Crippen LogP contribution in [0.3, 0.4) is 0 Å². The molecule has 166 valence electrons. The molecular formula is C23H19Br2ClN2O4. The normalized spacial score (nSPS) is 10.3. The second kappa shape index (κ2) is 11.9. The zero-order chi connectivity index (χ0) is 22.9. The minimum Gasteiger partial charge on any atom is -0.492 e. The van der Waals surface area contributed by atoms with E-state index < -0.39 is 11.8 Å². The summed E-state index contributed by atoms with van der Waals surface area (Å²) in [6.07, 6.45) is 0.773. The highest BCUT2D eigenvalue weighted by Gasteiger charge is 2.12. The predicted octanol–water partition coefficient (Wildman–Crippen LogP) is 5.33. The highest BCUT2D eigenvalue weighted by Crippen LogP contribution is 2.28. The van der Waals surface area contributed by atoms with Crippen LogP contribution in [0.5, 0.6) is 11.5 Å². The van der Waals surface area contributed by atoms with E-state index in [0.717, 1.165) is 10.9 Å². The van der Waals surface area contributed by atoms with E-state index in [2.05, 4.69) is 42.7 Å². The Morgan fingerprint density at radius 2 is 1.62 bits per heavy atom. The van der Waals surface area contributed by atoms with Gasteiger partial charge < -0.3 is 9.47 Å². The second-order valence-corrected chi connectivity index (χ2v) is 8.77. The molecule has 2 N–H and O–H groups in total. The summed E-state index contributed by atoms with van der Waals surface area (Å²) in [6.45, 7) is 0.201. The number of ether oxygens (including phenoxy) is 2. The number of hydrogen-bond donors (Lipinski definition) is 2. The van der Waals surface area contributed by atoms with Crippen molar-refractivity contribution in [1.29, 1.82) is 0 Å². The van der Waals surface area contributed by atoms with Gasteiger partial charge in [-0.2, -0.15) is 0 Å². The number of halogens is 3. The molecule has 0 saturated carbocycles. The molecule has 3 aromatic rings. The molecule has 3 rings (SSSR count). The molecule has 0 saturated heterocycles. The number of rotatable bonds is 8. The molecule has 0 bridgehead atoms. The lowest BCUT2D eigenvalue weighted by Crippen LogP contribution is -2.43. The van der Waals surface area contributed by atoms with Crippen molar-refractivity contribution in [3.05, 3.63) is 91.8 Å². The monoisotopic (exact) mass is 580 g/mol. The summed E-state index contributed by atoms with van der Waals surface area (Å²) in [5, 5.41) is 0.368. The fourth-order valence-electron chi connectivity index (χ4n) is 2.65. The first kappa shape index (κ1) is 24.1. The lowest BCUT2D eigenvalue weighted by molar-refractivity contribution is -0.123. The summed E-state index contributed by atoms with van der Waals surface area (Å²) in [4.78, 5) is 24.3. The zero-order valence-corrected chi connectivity index (χ0v) is 20.7. The molecule has 0 aliphatic heterocycles. The molecule has 3 aromatic carbocycles. The van der Waals surface area contributed by atoms with Crippen LogP contribution in [0, 0.1) is 0 Å². The molecule has 0 atom stereocenters. The third kappa shape index (κ3) is 7.25. The molecule has 2 amide bonds. The van der Waals surface area contributed by atoms with Gasteiger partial charge in [0, 0.05) is 16.5 Å². The topological polar surface area (TPSA) is 76.7 Å². The summed E-state index contributed by atoms with van der Waals surface area (Å²) >= 11 is 12.7. The molecule has 0 aromatic heterocycles. The largest absolute Gasteiger partial charge is 0.492 e. The van der Waals surface area contributed by atoms with Crippen LogP contribution in [0.1, 0.15) is 15.9 Å². The van der Waals surface area contributed by atoms with Crippen LogP contribution >= 0.6 is 43.5 Å². The second-order valence-electron chi connectivity index (χ2n) is 6.59. The van der Waals surface area contributed by atoms with Gasteiger partial charge in [-0.15, -0.1) is 0 Å². The van der Waals surface area contributed by atoms with Gasteiger partial charge in [-0.25, -0.2) is 0 Å². The molecule has 32 heavy (non-hydrogen) atoms. The van der Waals surface area contributed by atoms with E-state index in [-0.39, 0.29) is 6.61 Å².